The average Bonchev–Trinajstić information content (AvgIpc) is 1.84. The number of fused-ring (bicyclic) bond motifs is 1. The number of aliphatic imine (C=N–C) groups is 1. The molecule has 1 aromatic heterocycles. The largest absolute Gasteiger partial charge is 0.444 e. The normalized spacial score (nSPS) is 15.1. The van der Waals surface area contributed by atoms with Crippen molar-refractivity contribution in [3.63, 3.8) is 0 Å². The average molecular weight is 1180 g/mol. The number of nitrogens with one attached hydrogen (secondary N) is 5. The van der Waals surface area contributed by atoms with Gasteiger partial charge in [-0.25, -0.2) is 19.4 Å². The number of imidazole rings is 1. The number of likely N-dealkylation sites (tertiary alicyclic amines) is 1. The van der Waals surface area contributed by atoms with Crippen LogP contribution in [0.2, 0.25) is 0 Å². The van der Waals surface area contributed by atoms with Gasteiger partial charge in [-0.2, -0.15) is 0 Å². The zero-order valence-electron chi connectivity index (χ0n) is 50.9. The van der Waals surface area contributed by atoms with Crippen molar-refractivity contribution in [3.8, 4) is 0 Å². The first-order valence-electron chi connectivity index (χ1n) is 29.2. The topological polar surface area (TPSA) is 233 Å². The summed E-state index contributed by atoms with van der Waals surface area (Å²) >= 11 is 0. The SMILES string of the molecule is CC(C)(C)OC(=O)NC(=NCCNC(=O)[C@H]1C[C@@H](OCc2ccc3ccccc3c2)CN1C(=O)[C@@H](Cc1ccccc1)NC(=O)[C@@H](Cc1cn(C(c2ccccc2)(c2ccccc2)c2ccccc2)cn1)NC(=O)OC(C)(C)C)NC(=O)OC(C)(C)C. The molecule has 2 heterocycles. The Bertz CT molecular complexity index is 3380. The van der Waals surface area contributed by atoms with Gasteiger partial charge in [-0.1, -0.05) is 158 Å². The molecule has 0 bridgehead atoms. The molecule has 1 saturated heterocycles. The van der Waals surface area contributed by atoms with Crippen molar-refractivity contribution in [2.75, 3.05) is 19.6 Å². The summed E-state index contributed by atoms with van der Waals surface area (Å²) in [7, 11) is 0. The quantitative estimate of drug-likeness (QED) is 0.0168. The Morgan fingerprint density at radius 3 is 1.66 bits per heavy atom. The maximum atomic E-state index is 15.5. The van der Waals surface area contributed by atoms with E-state index in [1.165, 1.54) is 4.90 Å². The number of rotatable bonds is 19. The summed E-state index contributed by atoms with van der Waals surface area (Å²) in [5.41, 5.74) is 1.31. The summed E-state index contributed by atoms with van der Waals surface area (Å²) in [6, 6.07) is 49.6. The van der Waals surface area contributed by atoms with Gasteiger partial charge in [-0.3, -0.25) is 30.0 Å². The Kier molecular flexibility index (Phi) is 20.7. The van der Waals surface area contributed by atoms with E-state index >= 15 is 9.59 Å². The van der Waals surface area contributed by atoms with Crippen molar-refractivity contribution in [1.29, 1.82) is 0 Å². The van der Waals surface area contributed by atoms with Crippen molar-refractivity contribution in [3.05, 3.63) is 210 Å². The van der Waals surface area contributed by atoms with Gasteiger partial charge >= 0.3 is 18.3 Å². The van der Waals surface area contributed by atoms with E-state index in [0.717, 1.165) is 33.0 Å². The number of nitrogens with zero attached hydrogens (tertiary/aromatic N) is 4. The van der Waals surface area contributed by atoms with Gasteiger partial charge in [0, 0.05) is 38.5 Å². The van der Waals surface area contributed by atoms with E-state index < -0.39 is 82.6 Å². The second-order valence-electron chi connectivity index (χ2n) is 24.4. The number of alkyl carbamates (subject to hydrolysis) is 3. The van der Waals surface area contributed by atoms with E-state index in [1.54, 1.807) is 68.6 Å². The van der Waals surface area contributed by atoms with Gasteiger partial charge in [0.1, 0.15) is 40.5 Å². The Labute approximate surface area is 508 Å². The second-order valence-corrected chi connectivity index (χ2v) is 24.4. The monoisotopic (exact) mass is 1180 g/mol. The lowest BCUT2D eigenvalue weighted by atomic mass is 9.77. The summed E-state index contributed by atoms with van der Waals surface area (Å²) in [5, 5.41) is 15.6. The molecule has 0 spiro atoms. The highest BCUT2D eigenvalue weighted by Gasteiger charge is 2.44. The molecule has 1 aliphatic heterocycles. The maximum Gasteiger partial charge on any atom is 0.414 e. The molecule has 0 unspecified atom stereocenters. The van der Waals surface area contributed by atoms with E-state index in [4.69, 9.17) is 23.9 Å². The lowest BCUT2D eigenvalue weighted by molar-refractivity contribution is -0.141. The summed E-state index contributed by atoms with van der Waals surface area (Å²) < 4.78 is 25.0. The first-order chi connectivity index (χ1) is 41.4. The molecule has 0 radical (unpaired) electrons. The molecule has 8 rings (SSSR count). The second kappa shape index (κ2) is 28.2. The summed E-state index contributed by atoms with van der Waals surface area (Å²) in [6.45, 7) is 15.2. The predicted molar refractivity (Wildman–Crippen MR) is 332 cm³/mol. The molecule has 6 amide bonds. The standard InChI is InChI=1S/C68H79N9O10/c1-65(2,3)85-62(81)73-55(40-53-42-76(45-71-53)68(50-28-16-11-17-29-50,51-30-18-12-19-31-51)52-32-20-13-21-33-52)58(78)72-56(39-46-24-14-10-15-25-46)60(80)77-43-54(84-44-47-34-35-48-26-22-23-27-49(48)38-47)41-57(77)59(79)69-36-37-70-61(74-63(82)86-66(4,5)6)75-64(83)87-67(7,8)9/h10-35,38,42,45,54-57H,36-37,39-41,43-44H2,1-9H3,(H,69,79)(H,72,78)(H,73,81)(H2,70,74,75,82,83)/t54-,55-,56-,57-/m1/s1. The number of carbonyl (C=O) groups is 6. The molecular weight excluding hydrogens is 1100 g/mol. The fourth-order valence-corrected chi connectivity index (χ4v) is 10.4. The third kappa shape index (κ3) is 17.9. The zero-order valence-corrected chi connectivity index (χ0v) is 50.9. The van der Waals surface area contributed by atoms with Crippen molar-refractivity contribution in [2.24, 2.45) is 4.99 Å². The molecule has 0 saturated carbocycles. The molecule has 19 heteroatoms. The molecule has 1 aliphatic rings. The first kappa shape index (κ1) is 63.7. The number of hydrogen-bond donors (Lipinski definition) is 5. The van der Waals surface area contributed by atoms with Crippen LogP contribution in [0.3, 0.4) is 0 Å². The molecule has 7 aromatic rings. The Morgan fingerprint density at radius 2 is 1.10 bits per heavy atom. The van der Waals surface area contributed by atoms with Crippen LogP contribution < -0.4 is 26.6 Å². The van der Waals surface area contributed by atoms with Gasteiger partial charge in [0.05, 0.1) is 31.3 Å². The third-order valence-electron chi connectivity index (χ3n) is 14.0. The molecule has 87 heavy (non-hydrogen) atoms. The zero-order chi connectivity index (χ0) is 62.4. The molecule has 4 atom stereocenters. The number of guanidine groups is 1. The van der Waals surface area contributed by atoms with E-state index in [2.05, 4.69) is 68.0 Å². The highest BCUT2D eigenvalue weighted by atomic mass is 16.6. The van der Waals surface area contributed by atoms with Crippen molar-refractivity contribution in [2.45, 2.75) is 135 Å². The minimum absolute atomic E-state index is 0.00713. The molecule has 6 aromatic carbocycles. The highest BCUT2D eigenvalue weighted by Crippen LogP contribution is 2.41. The van der Waals surface area contributed by atoms with E-state index in [1.807, 2.05) is 138 Å². The van der Waals surface area contributed by atoms with Crippen LogP contribution >= 0.6 is 0 Å². The predicted octanol–water partition coefficient (Wildman–Crippen LogP) is 9.75. The van der Waals surface area contributed by atoms with Gasteiger partial charge in [-0.15, -0.1) is 0 Å². The van der Waals surface area contributed by atoms with E-state index in [0.29, 0.717) is 11.3 Å². The fourth-order valence-electron chi connectivity index (χ4n) is 10.4. The molecule has 19 nitrogen and oxygen atoms in total. The van der Waals surface area contributed by atoms with Crippen molar-refractivity contribution < 1.29 is 47.7 Å². The lowest BCUT2D eigenvalue weighted by Crippen LogP contribution is -2.58. The molecule has 456 valence electrons. The Balaban J connectivity index is 1.09. The molecule has 0 aliphatic carbocycles. The number of ether oxygens (including phenoxy) is 4. The van der Waals surface area contributed by atoms with Crippen molar-refractivity contribution >= 4 is 52.7 Å². The number of aromatic nitrogens is 2. The van der Waals surface area contributed by atoms with Crippen LogP contribution in [0.4, 0.5) is 14.4 Å². The summed E-state index contributed by atoms with van der Waals surface area (Å²) in [4.78, 5) is 95.4. The maximum absolute atomic E-state index is 15.5. The number of carbonyl (C=O) groups excluding carboxylic acids is 6. The third-order valence-corrected chi connectivity index (χ3v) is 14.0. The van der Waals surface area contributed by atoms with Crippen LogP contribution in [0.25, 0.3) is 10.8 Å². The first-order valence-corrected chi connectivity index (χ1v) is 29.2. The van der Waals surface area contributed by atoms with Gasteiger partial charge in [0.25, 0.3) is 0 Å². The van der Waals surface area contributed by atoms with Crippen LogP contribution in [0.1, 0.15) is 102 Å². The van der Waals surface area contributed by atoms with E-state index in [9.17, 15) is 19.2 Å². The molecule has 1 fully saturated rings. The number of benzene rings is 6. The van der Waals surface area contributed by atoms with Gasteiger partial charge in [0.15, 0.2) is 0 Å². The Morgan fingerprint density at radius 1 is 0.586 bits per heavy atom. The van der Waals surface area contributed by atoms with Crippen LogP contribution in [-0.4, -0.2) is 117 Å². The minimum atomic E-state index is -1.33. The van der Waals surface area contributed by atoms with E-state index in [-0.39, 0.29) is 51.5 Å². The molecule has 5 N–H and O–H groups in total. The number of hydrogen-bond acceptors (Lipinski definition) is 12. The highest BCUT2D eigenvalue weighted by molar-refractivity contribution is 6.01. The molecular formula is C68H79N9O10. The van der Waals surface area contributed by atoms with Crippen molar-refractivity contribution in [1.82, 2.24) is 41.0 Å². The van der Waals surface area contributed by atoms with Crippen LogP contribution in [0.15, 0.2) is 181 Å². The smallest absolute Gasteiger partial charge is 0.414 e. The number of amides is 6. The van der Waals surface area contributed by atoms with Crippen LogP contribution in [-0.2, 0) is 58.3 Å². The Hall–Kier alpha value is -9.36. The summed E-state index contributed by atoms with van der Waals surface area (Å²) in [6.07, 6.45) is 0.300. The van der Waals surface area contributed by atoms with Gasteiger partial charge in [0.2, 0.25) is 23.7 Å². The van der Waals surface area contributed by atoms with Crippen LogP contribution in [0.5, 0.6) is 0 Å². The summed E-state index contributed by atoms with van der Waals surface area (Å²) in [5.74, 6) is -2.10. The van der Waals surface area contributed by atoms with Gasteiger partial charge in [-0.05, 0) is 107 Å². The van der Waals surface area contributed by atoms with Crippen LogP contribution in [0, 0.1) is 0 Å². The lowest BCUT2D eigenvalue weighted by Gasteiger charge is -2.37. The fraction of sp³-hybridized carbons (Fsp3) is 0.353. The van der Waals surface area contributed by atoms with Gasteiger partial charge < -0.3 is 44.4 Å². The minimum Gasteiger partial charge on any atom is -0.444 e.